The summed E-state index contributed by atoms with van der Waals surface area (Å²) in [5.74, 6) is 2.40. The fraction of sp³-hybridized carbons (Fsp3) is 0.556. The van der Waals surface area contributed by atoms with E-state index in [4.69, 9.17) is 0 Å². The number of aromatic amines is 1. The number of H-pyrrole nitrogens is 1. The third-order valence-corrected chi connectivity index (χ3v) is 3.57. The molecule has 1 N–H and O–H groups in total. The minimum Gasteiger partial charge on any atom is -0.301 e. The fourth-order valence-electron chi connectivity index (χ4n) is 0.922. The summed E-state index contributed by atoms with van der Waals surface area (Å²) in [6, 6.07) is 1.42. The lowest BCUT2D eigenvalue weighted by Crippen LogP contribution is -2.08. The van der Waals surface area contributed by atoms with Gasteiger partial charge in [0.1, 0.15) is 0 Å². The highest BCUT2D eigenvalue weighted by molar-refractivity contribution is 7.99. The van der Waals surface area contributed by atoms with Crippen molar-refractivity contribution in [3.8, 4) is 0 Å². The van der Waals surface area contributed by atoms with Crippen molar-refractivity contribution in [3.63, 3.8) is 0 Å². The lowest BCUT2D eigenvalue weighted by atomic mass is 10.2. The van der Waals surface area contributed by atoms with E-state index in [9.17, 15) is 4.79 Å². The molecule has 78 valence electrons. The maximum absolute atomic E-state index is 11.0. The Morgan fingerprint density at radius 1 is 1.71 bits per heavy atom. The molecular weight excluding hydrogens is 216 g/mol. The van der Waals surface area contributed by atoms with Crippen LogP contribution in [0.5, 0.6) is 0 Å². The minimum absolute atomic E-state index is 0.0959. The molecule has 0 bridgehead atoms. The maximum atomic E-state index is 11.0. The van der Waals surface area contributed by atoms with Crippen LogP contribution in [0.4, 0.5) is 0 Å². The molecule has 0 saturated heterocycles. The van der Waals surface area contributed by atoms with E-state index in [1.165, 1.54) is 12.3 Å². The van der Waals surface area contributed by atoms with Crippen molar-refractivity contribution in [1.29, 1.82) is 0 Å². The van der Waals surface area contributed by atoms with Crippen LogP contribution < -0.4 is 5.56 Å². The van der Waals surface area contributed by atoms with Gasteiger partial charge in [0.2, 0.25) is 0 Å². The van der Waals surface area contributed by atoms with Gasteiger partial charge < -0.3 is 4.98 Å². The molecule has 0 fully saturated rings. The predicted octanol–water partition coefficient (Wildman–Crippen LogP) is 1.82. The van der Waals surface area contributed by atoms with Crippen LogP contribution in [0.1, 0.15) is 13.3 Å². The highest BCUT2D eigenvalue weighted by Gasteiger charge is 2.05. The summed E-state index contributed by atoms with van der Waals surface area (Å²) >= 11 is 5.83. The lowest BCUT2D eigenvalue weighted by Gasteiger charge is -2.09. The highest BCUT2D eigenvalue weighted by Crippen LogP contribution is 2.17. The summed E-state index contributed by atoms with van der Waals surface area (Å²) in [6.45, 7) is 2.14. The molecule has 0 aliphatic heterocycles. The third kappa shape index (κ3) is 3.75. The van der Waals surface area contributed by atoms with Crippen LogP contribution in [0, 0.1) is 5.92 Å². The van der Waals surface area contributed by atoms with Gasteiger partial charge in [0.15, 0.2) is 5.16 Å². The first-order chi connectivity index (χ1) is 6.76. The molecule has 1 unspecified atom stereocenters. The average Bonchev–Trinajstić information content (AvgIpc) is 2.19. The molecule has 1 aromatic rings. The maximum Gasteiger partial charge on any atom is 0.251 e. The first kappa shape index (κ1) is 11.7. The monoisotopic (exact) mass is 230 g/mol. The van der Waals surface area contributed by atoms with Crippen molar-refractivity contribution in [2.45, 2.75) is 18.5 Å². The van der Waals surface area contributed by atoms with Crippen LogP contribution in [0.15, 0.2) is 22.2 Å². The van der Waals surface area contributed by atoms with E-state index in [1.54, 1.807) is 11.8 Å². The third-order valence-electron chi connectivity index (χ3n) is 1.94. The zero-order valence-electron chi connectivity index (χ0n) is 8.06. The number of thiol groups is 1. The molecule has 0 aliphatic rings. The van der Waals surface area contributed by atoms with Gasteiger partial charge in [-0.25, -0.2) is 4.98 Å². The molecule has 3 nitrogen and oxygen atoms in total. The van der Waals surface area contributed by atoms with Crippen LogP contribution >= 0.6 is 24.4 Å². The molecule has 1 heterocycles. The van der Waals surface area contributed by atoms with E-state index in [2.05, 4.69) is 29.5 Å². The zero-order valence-corrected chi connectivity index (χ0v) is 9.78. The number of rotatable bonds is 5. The molecule has 0 saturated carbocycles. The summed E-state index contributed by atoms with van der Waals surface area (Å²) in [4.78, 5) is 17.7. The lowest BCUT2D eigenvalue weighted by molar-refractivity contribution is 0.648. The number of nitrogens with one attached hydrogen (secondary N) is 1. The van der Waals surface area contributed by atoms with Gasteiger partial charge in [-0.15, -0.1) is 0 Å². The Bertz CT molecular complexity index is 323. The van der Waals surface area contributed by atoms with Crippen molar-refractivity contribution < 1.29 is 0 Å². The van der Waals surface area contributed by atoms with E-state index >= 15 is 0 Å². The average molecular weight is 230 g/mol. The molecule has 0 aromatic carbocycles. The van der Waals surface area contributed by atoms with E-state index in [1.807, 2.05) is 0 Å². The van der Waals surface area contributed by atoms with E-state index < -0.39 is 0 Å². The Balaban J connectivity index is 2.49. The van der Waals surface area contributed by atoms with Crippen molar-refractivity contribution in [3.05, 3.63) is 22.6 Å². The number of hydrogen-bond acceptors (Lipinski definition) is 4. The molecule has 0 spiro atoms. The van der Waals surface area contributed by atoms with Gasteiger partial charge in [0.25, 0.3) is 5.56 Å². The van der Waals surface area contributed by atoms with Gasteiger partial charge in [-0.3, -0.25) is 4.79 Å². The summed E-state index contributed by atoms with van der Waals surface area (Å²) in [7, 11) is 0. The van der Waals surface area contributed by atoms with Crippen LogP contribution in [-0.2, 0) is 0 Å². The van der Waals surface area contributed by atoms with E-state index in [0.29, 0.717) is 11.1 Å². The van der Waals surface area contributed by atoms with Crippen molar-refractivity contribution in [2.75, 3.05) is 11.5 Å². The normalized spacial score (nSPS) is 12.7. The second-order valence-corrected chi connectivity index (χ2v) is 4.38. The number of hydrogen-bond donors (Lipinski definition) is 2. The SMILES string of the molecule is CCC(CS)CSc1nccc(=O)[nH]1. The molecular formula is C9H14N2OS2. The second-order valence-electron chi connectivity index (χ2n) is 3.01. The zero-order chi connectivity index (χ0) is 10.4. The molecule has 14 heavy (non-hydrogen) atoms. The van der Waals surface area contributed by atoms with Crippen molar-refractivity contribution >= 4 is 24.4 Å². The molecule has 0 radical (unpaired) electrons. The van der Waals surface area contributed by atoms with Crippen LogP contribution in [-0.4, -0.2) is 21.5 Å². The molecule has 1 aromatic heterocycles. The molecule has 1 rings (SSSR count). The number of nitrogens with zero attached hydrogens (tertiary/aromatic N) is 1. The van der Waals surface area contributed by atoms with Gasteiger partial charge in [0, 0.05) is 18.0 Å². The second kappa shape index (κ2) is 6.14. The van der Waals surface area contributed by atoms with Crippen LogP contribution in [0.25, 0.3) is 0 Å². The van der Waals surface area contributed by atoms with Gasteiger partial charge >= 0.3 is 0 Å². The molecule has 0 aliphatic carbocycles. The van der Waals surface area contributed by atoms with Crippen molar-refractivity contribution in [2.24, 2.45) is 5.92 Å². The smallest absolute Gasteiger partial charge is 0.251 e. The minimum atomic E-state index is -0.0959. The first-order valence-electron chi connectivity index (χ1n) is 4.55. The summed E-state index contributed by atoms with van der Waals surface area (Å²) in [6.07, 6.45) is 2.64. The van der Waals surface area contributed by atoms with Crippen molar-refractivity contribution in [1.82, 2.24) is 9.97 Å². The van der Waals surface area contributed by atoms with E-state index in [0.717, 1.165) is 17.9 Å². The predicted molar refractivity (Wildman–Crippen MR) is 63.2 cm³/mol. The molecule has 1 atom stereocenters. The van der Waals surface area contributed by atoms with Gasteiger partial charge in [-0.1, -0.05) is 25.1 Å². The van der Waals surface area contributed by atoms with Gasteiger partial charge in [-0.2, -0.15) is 12.6 Å². The molecule has 0 amide bonds. The highest BCUT2D eigenvalue weighted by atomic mass is 32.2. The quantitative estimate of drug-likeness (QED) is 0.461. The van der Waals surface area contributed by atoms with E-state index in [-0.39, 0.29) is 5.56 Å². The topological polar surface area (TPSA) is 45.8 Å². The Kier molecular flexibility index (Phi) is 5.11. The Morgan fingerprint density at radius 2 is 2.50 bits per heavy atom. The van der Waals surface area contributed by atoms with Crippen LogP contribution in [0.3, 0.4) is 0 Å². The standard InChI is InChI=1S/C9H14N2OS2/c1-2-7(5-13)6-14-9-10-4-3-8(12)11-9/h3-4,7,13H,2,5-6H2,1H3,(H,10,11,12). The summed E-state index contributed by atoms with van der Waals surface area (Å²) in [5, 5.41) is 0.692. The number of aromatic nitrogens is 2. The van der Waals surface area contributed by atoms with Gasteiger partial charge in [-0.05, 0) is 11.7 Å². The Labute approximate surface area is 93.1 Å². The van der Waals surface area contributed by atoms with Gasteiger partial charge in [0.05, 0.1) is 0 Å². The van der Waals surface area contributed by atoms with Crippen LogP contribution in [0.2, 0.25) is 0 Å². The summed E-state index contributed by atoms with van der Waals surface area (Å²) < 4.78 is 0. The largest absolute Gasteiger partial charge is 0.301 e. The Morgan fingerprint density at radius 3 is 3.07 bits per heavy atom. The summed E-state index contributed by atoms with van der Waals surface area (Å²) in [5.41, 5.74) is -0.0959. The Hall–Kier alpha value is -0.420. The number of thioether (sulfide) groups is 1. The first-order valence-corrected chi connectivity index (χ1v) is 6.17. The molecule has 5 heteroatoms. The fourth-order valence-corrected chi connectivity index (χ4v) is 2.54.